The van der Waals surface area contributed by atoms with Crippen molar-refractivity contribution in [3.63, 3.8) is 0 Å². The number of hydrogen-bond acceptors (Lipinski definition) is 5. The standard InChI is InChI=1S/C11H21N3O2/c1-6(2)9(15-5)10-13-11(16-14-10)7(3)8(4)12/h6-9H,12H2,1-5H3. The fourth-order valence-corrected chi connectivity index (χ4v) is 1.45. The van der Waals surface area contributed by atoms with Gasteiger partial charge in [-0.25, -0.2) is 0 Å². The Balaban J connectivity index is 2.85. The first-order valence-electron chi connectivity index (χ1n) is 5.59. The van der Waals surface area contributed by atoms with Crippen molar-refractivity contribution in [2.45, 2.75) is 45.8 Å². The summed E-state index contributed by atoms with van der Waals surface area (Å²) in [5.74, 6) is 1.54. The summed E-state index contributed by atoms with van der Waals surface area (Å²) in [6.45, 7) is 8.00. The summed E-state index contributed by atoms with van der Waals surface area (Å²) in [5.41, 5.74) is 5.79. The van der Waals surface area contributed by atoms with Crippen LogP contribution >= 0.6 is 0 Å². The number of nitrogens with two attached hydrogens (primary N) is 1. The molecule has 1 heterocycles. The van der Waals surface area contributed by atoms with Gasteiger partial charge in [0.1, 0.15) is 6.10 Å². The second-order valence-corrected chi connectivity index (χ2v) is 4.54. The Labute approximate surface area is 96.4 Å². The van der Waals surface area contributed by atoms with Gasteiger partial charge < -0.3 is 15.0 Å². The summed E-state index contributed by atoms with van der Waals surface area (Å²) in [7, 11) is 1.65. The fraction of sp³-hybridized carbons (Fsp3) is 0.818. The summed E-state index contributed by atoms with van der Waals surface area (Å²) in [6, 6.07) is -0.00616. The van der Waals surface area contributed by atoms with E-state index in [4.69, 9.17) is 15.0 Å². The van der Waals surface area contributed by atoms with E-state index >= 15 is 0 Å². The van der Waals surface area contributed by atoms with Gasteiger partial charge in [-0.15, -0.1) is 0 Å². The van der Waals surface area contributed by atoms with Gasteiger partial charge in [-0.1, -0.05) is 25.9 Å². The van der Waals surface area contributed by atoms with Gasteiger partial charge in [0.25, 0.3) is 0 Å². The predicted octanol–water partition coefficient (Wildman–Crippen LogP) is 1.86. The highest BCUT2D eigenvalue weighted by atomic mass is 16.5. The van der Waals surface area contributed by atoms with Crippen molar-refractivity contribution in [3.8, 4) is 0 Å². The molecule has 0 spiro atoms. The molecule has 0 saturated heterocycles. The SMILES string of the molecule is COC(c1noc(C(C)C(C)N)n1)C(C)C. The van der Waals surface area contributed by atoms with Crippen LogP contribution in [0, 0.1) is 5.92 Å². The van der Waals surface area contributed by atoms with E-state index in [1.165, 1.54) is 0 Å². The lowest BCUT2D eigenvalue weighted by molar-refractivity contribution is 0.0555. The molecule has 0 fully saturated rings. The maximum Gasteiger partial charge on any atom is 0.231 e. The van der Waals surface area contributed by atoms with Crippen LogP contribution in [0.25, 0.3) is 0 Å². The summed E-state index contributed by atoms with van der Waals surface area (Å²) in [6.07, 6.45) is -0.127. The molecule has 0 aromatic carbocycles. The Kier molecular flexibility index (Phi) is 4.44. The zero-order chi connectivity index (χ0) is 12.3. The lowest BCUT2D eigenvalue weighted by atomic mass is 10.0. The molecule has 3 unspecified atom stereocenters. The number of ether oxygens (including phenoxy) is 1. The second-order valence-electron chi connectivity index (χ2n) is 4.54. The Morgan fingerprint density at radius 3 is 2.31 bits per heavy atom. The Bertz CT molecular complexity index is 323. The van der Waals surface area contributed by atoms with E-state index in [2.05, 4.69) is 24.0 Å². The van der Waals surface area contributed by atoms with Gasteiger partial charge in [0.05, 0.1) is 5.92 Å². The third kappa shape index (κ3) is 2.80. The van der Waals surface area contributed by atoms with Crippen LogP contribution in [0.3, 0.4) is 0 Å². The molecule has 0 radical (unpaired) electrons. The zero-order valence-electron chi connectivity index (χ0n) is 10.6. The van der Waals surface area contributed by atoms with Gasteiger partial charge in [-0.3, -0.25) is 0 Å². The molecule has 5 nitrogen and oxygen atoms in total. The van der Waals surface area contributed by atoms with E-state index in [1.54, 1.807) is 7.11 Å². The van der Waals surface area contributed by atoms with E-state index in [-0.39, 0.29) is 18.1 Å². The molecule has 2 N–H and O–H groups in total. The predicted molar refractivity (Wildman–Crippen MR) is 61.0 cm³/mol. The largest absolute Gasteiger partial charge is 0.373 e. The molecule has 1 aromatic heterocycles. The summed E-state index contributed by atoms with van der Waals surface area (Å²) < 4.78 is 10.5. The minimum absolute atomic E-state index is 0.00616. The van der Waals surface area contributed by atoms with Gasteiger partial charge >= 0.3 is 0 Å². The van der Waals surface area contributed by atoms with Crippen LogP contribution in [0.2, 0.25) is 0 Å². The molecule has 3 atom stereocenters. The molecule has 0 aliphatic heterocycles. The Morgan fingerprint density at radius 1 is 1.25 bits per heavy atom. The van der Waals surface area contributed by atoms with Crippen LogP contribution < -0.4 is 5.73 Å². The number of rotatable bonds is 5. The van der Waals surface area contributed by atoms with Crippen molar-refractivity contribution in [2.75, 3.05) is 7.11 Å². The average Bonchev–Trinajstić information content (AvgIpc) is 2.66. The molecule has 16 heavy (non-hydrogen) atoms. The molecule has 0 bridgehead atoms. The second kappa shape index (κ2) is 5.41. The van der Waals surface area contributed by atoms with Crippen molar-refractivity contribution in [2.24, 2.45) is 11.7 Å². The normalized spacial score (nSPS) is 17.4. The van der Waals surface area contributed by atoms with Gasteiger partial charge in [0.15, 0.2) is 0 Å². The van der Waals surface area contributed by atoms with Crippen LogP contribution in [-0.2, 0) is 4.74 Å². The first-order chi connectivity index (χ1) is 7.47. The van der Waals surface area contributed by atoms with Crippen LogP contribution in [-0.4, -0.2) is 23.3 Å². The summed E-state index contributed by atoms with van der Waals surface area (Å²) in [4.78, 5) is 4.34. The lowest BCUT2D eigenvalue weighted by Gasteiger charge is -2.14. The number of hydrogen-bond donors (Lipinski definition) is 1. The van der Waals surface area contributed by atoms with Gasteiger partial charge in [-0.2, -0.15) is 4.98 Å². The van der Waals surface area contributed by atoms with E-state index < -0.39 is 0 Å². The van der Waals surface area contributed by atoms with E-state index in [0.29, 0.717) is 17.6 Å². The van der Waals surface area contributed by atoms with Crippen molar-refractivity contribution in [1.82, 2.24) is 10.1 Å². The Hall–Kier alpha value is -0.940. The fourth-order valence-electron chi connectivity index (χ4n) is 1.45. The lowest BCUT2D eigenvalue weighted by Crippen LogP contribution is -2.22. The maximum absolute atomic E-state index is 5.79. The summed E-state index contributed by atoms with van der Waals surface area (Å²) >= 11 is 0. The molecule has 1 aromatic rings. The highest BCUT2D eigenvalue weighted by Gasteiger charge is 2.24. The highest BCUT2D eigenvalue weighted by molar-refractivity contribution is 4.98. The first kappa shape index (κ1) is 13.1. The average molecular weight is 227 g/mol. The van der Waals surface area contributed by atoms with E-state index in [0.717, 1.165) is 0 Å². The third-order valence-electron chi connectivity index (χ3n) is 2.75. The number of nitrogens with zero attached hydrogens (tertiary/aromatic N) is 2. The van der Waals surface area contributed by atoms with Crippen molar-refractivity contribution >= 4 is 0 Å². The smallest absolute Gasteiger partial charge is 0.231 e. The molecule has 0 aliphatic rings. The molecule has 5 heteroatoms. The van der Waals surface area contributed by atoms with Crippen molar-refractivity contribution in [1.29, 1.82) is 0 Å². The minimum Gasteiger partial charge on any atom is -0.373 e. The van der Waals surface area contributed by atoms with Gasteiger partial charge in [0.2, 0.25) is 11.7 Å². The van der Waals surface area contributed by atoms with Crippen LogP contribution in [0.4, 0.5) is 0 Å². The van der Waals surface area contributed by atoms with E-state index in [9.17, 15) is 0 Å². The quantitative estimate of drug-likeness (QED) is 0.831. The number of aromatic nitrogens is 2. The Morgan fingerprint density at radius 2 is 1.88 bits per heavy atom. The summed E-state index contributed by atoms with van der Waals surface area (Å²) in [5, 5.41) is 3.95. The van der Waals surface area contributed by atoms with Crippen LogP contribution in [0.1, 0.15) is 51.4 Å². The van der Waals surface area contributed by atoms with Crippen LogP contribution in [0.5, 0.6) is 0 Å². The van der Waals surface area contributed by atoms with Gasteiger partial charge in [-0.05, 0) is 12.8 Å². The molecule has 0 amide bonds. The van der Waals surface area contributed by atoms with Crippen molar-refractivity contribution < 1.29 is 9.26 Å². The minimum atomic E-state index is -0.127. The topological polar surface area (TPSA) is 74.2 Å². The monoisotopic (exact) mass is 227 g/mol. The van der Waals surface area contributed by atoms with Crippen molar-refractivity contribution in [3.05, 3.63) is 11.7 Å². The molecule has 1 rings (SSSR count). The van der Waals surface area contributed by atoms with Crippen LogP contribution in [0.15, 0.2) is 4.52 Å². The third-order valence-corrected chi connectivity index (χ3v) is 2.75. The molecule has 92 valence electrons. The van der Waals surface area contributed by atoms with E-state index in [1.807, 2.05) is 13.8 Å². The zero-order valence-corrected chi connectivity index (χ0v) is 10.6. The molecular weight excluding hydrogens is 206 g/mol. The van der Waals surface area contributed by atoms with Gasteiger partial charge in [0, 0.05) is 13.2 Å². The maximum atomic E-state index is 5.79. The highest BCUT2D eigenvalue weighted by Crippen LogP contribution is 2.24. The molecular formula is C11H21N3O2. The first-order valence-corrected chi connectivity index (χ1v) is 5.59. The number of methoxy groups -OCH3 is 1. The molecule has 0 saturated carbocycles. The molecule has 0 aliphatic carbocycles.